The number of rotatable bonds is 6. The predicted octanol–water partition coefficient (Wildman–Crippen LogP) is 2.93. The van der Waals surface area contributed by atoms with Gasteiger partial charge in [-0.25, -0.2) is 4.98 Å². The number of aryl methyl sites for hydroxylation is 3. The van der Waals surface area contributed by atoms with Gasteiger partial charge in [0.15, 0.2) is 0 Å². The number of nitrogens with one attached hydrogen (secondary N) is 1. The number of carbonyl (C=O) groups excluding carboxylic acids is 1. The maximum Gasteiger partial charge on any atom is 0.224 e. The first kappa shape index (κ1) is 17.4. The van der Waals surface area contributed by atoms with Gasteiger partial charge in [0.25, 0.3) is 0 Å². The summed E-state index contributed by atoms with van der Waals surface area (Å²) < 4.78 is 0. The fourth-order valence-electron chi connectivity index (χ4n) is 2.93. The molecule has 1 amide bonds. The normalized spacial score (nSPS) is 19.6. The third kappa shape index (κ3) is 4.78. The van der Waals surface area contributed by atoms with Crippen molar-refractivity contribution in [3.05, 3.63) is 15.6 Å². The number of nitrogens with zero attached hydrogens (tertiary/aromatic N) is 2. The Labute approximate surface area is 138 Å². The molecule has 0 bridgehead atoms. The van der Waals surface area contributed by atoms with Gasteiger partial charge in [0.2, 0.25) is 5.91 Å². The molecule has 2 heterocycles. The van der Waals surface area contributed by atoms with E-state index < -0.39 is 0 Å². The zero-order valence-corrected chi connectivity index (χ0v) is 15.1. The molecule has 0 aromatic carbocycles. The first-order valence-electron chi connectivity index (χ1n) is 8.42. The van der Waals surface area contributed by atoms with Gasteiger partial charge in [0.1, 0.15) is 0 Å². The van der Waals surface area contributed by atoms with Gasteiger partial charge in [0, 0.05) is 30.4 Å². The Kier molecular flexibility index (Phi) is 6.38. The highest BCUT2D eigenvalue weighted by Gasteiger charge is 2.26. The highest BCUT2D eigenvalue weighted by Crippen LogP contribution is 2.19. The Hall–Kier alpha value is -0.940. The van der Waals surface area contributed by atoms with Crippen molar-refractivity contribution in [2.45, 2.75) is 59.4 Å². The lowest BCUT2D eigenvalue weighted by atomic mass is 9.96. The molecule has 124 valence electrons. The fraction of sp³-hybridized carbons (Fsp3) is 0.765. The van der Waals surface area contributed by atoms with E-state index in [2.05, 4.69) is 42.9 Å². The molecule has 2 rings (SSSR count). The summed E-state index contributed by atoms with van der Waals surface area (Å²) in [4.78, 5) is 20.5. The zero-order valence-electron chi connectivity index (χ0n) is 14.3. The van der Waals surface area contributed by atoms with Crippen molar-refractivity contribution in [2.75, 3.05) is 19.6 Å². The monoisotopic (exact) mass is 323 g/mol. The van der Waals surface area contributed by atoms with Crippen LogP contribution in [-0.4, -0.2) is 41.5 Å². The second-order valence-electron chi connectivity index (χ2n) is 6.57. The lowest BCUT2D eigenvalue weighted by Gasteiger charge is -2.34. The summed E-state index contributed by atoms with van der Waals surface area (Å²) in [6, 6.07) is 0.534. The van der Waals surface area contributed by atoms with Gasteiger partial charge in [-0.3, -0.25) is 4.79 Å². The molecular formula is C17H29N3OS. The summed E-state index contributed by atoms with van der Waals surface area (Å²) in [6.07, 6.45) is 4.09. The molecular weight excluding hydrogens is 294 g/mol. The Morgan fingerprint density at radius 1 is 1.45 bits per heavy atom. The van der Waals surface area contributed by atoms with Crippen LogP contribution in [0.25, 0.3) is 0 Å². The van der Waals surface area contributed by atoms with Crippen LogP contribution in [-0.2, 0) is 11.2 Å². The molecule has 1 saturated heterocycles. The summed E-state index contributed by atoms with van der Waals surface area (Å²) in [5.74, 6) is 0.400. The lowest BCUT2D eigenvalue weighted by molar-refractivity contribution is -0.126. The highest BCUT2D eigenvalue weighted by molar-refractivity contribution is 7.11. The van der Waals surface area contributed by atoms with Gasteiger partial charge in [-0.15, -0.1) is 11.3 Å². The highest BCUT2D eigenvalue weighted by atomic mass is 32.1. The topological polar surface area (TPSA) is 45.2 Å². The molecule has 1 atom stereocenters. The molecule has 4 nitrogen and oxygen atoms in total. The van der Waals surface area contributed by atoms with Gasteiger partial charge < -0.3 is 10.2 Å². The van der Waals surface area contributed by atoms with Gasteiger partial charge in [-0.05, 0) is 53.5 Å². The van der Waals surface area contributed by atoms with Crippen molar-refractivity contribution in [2.24, 2.45) is 5.92 Å². The summed E-state index contributed by atoms with van der Waals surface area (Å²) in [7, 11) is 0. The minimum absolute atomic E-state index is 0.167. The van der Waals surface area contributed by atoms with Gasteiger partial charge in [0.05, 0.1) is 16.6 Å². The van der Waals surface area contributed by atoms with E-state index in [4.69, 9.17) is 0 Å². The molecule has 0 aliphatic carbocycles. The second-order valence-corrected chi connectivity index (χ2v) is 7.86. The smallest absolute Gasteiger partial charge is 0.224 e. The molecule has 1 aromatic heterocycles. The summed E-state index contributed by atoms with van der Waals surface area (Å²) in [6.45, 7) is 11.4. The predicted molar refractivity (Wildman–Crippen MR) is 92.4 cm³/mol. The van der Waals surface area contributed by atoms with Crippen LogP contribution in [0.5, 0.6) is 0 Å². The number of likely N-dealkylation sites (tertiary alicyclic amines) is 1. The van der Waals surface area contributed by atoms with Crippen LogP contribution in [0.2, 0.25) is 0 Å². The van der Waals surface area contributed by atoms with Crippen molar-refractivity contribution in [3.8, 4) is 0 Å². The average molecular weight is 324 g/mol. The first-order valence-corrected chi connectivity index (χ1v) is 9.23. The zero-order chi connectivity index (χ0) is 16.1. The van der Waals surface area contributed by atoms with E-state index in [1.54, 1.807) is 11.3 Å². The van der Waals surface area contributed by atoms with Gasteiger partial charge in [-0.2, -0.15) is 0 Å². The van der Waals surface area contributed by atoms with Crippen LogP contribution in [0.4, 0.5) is 0 Å². The van der Waals surface area contributed by atoms with E-state index in [1.165, 1.54) is 9.88 Å². The molecule has 1 aliphatic heterocycles. The Balaban J connectivity index is 1.69. The number of amides is 1. The van der Waals surface area contributed by atoms with E-state index in [0.29, 0.717) is 6.04 Å². The van der Waals surface area contributed by atoms with Crippen LogP contribution in [0.3, 0.4) is 0 Å². The molecule has 0 radical (unpaired) electrons. The van der Waals surface area contributed by atoms with Crippen LogP contribution < -0.4 is 5.32 Å². The Morgan fingerprint density at radius 2 is 2.23 bits per heavy atom. The summed E-state index contributed by atoms with van der Waals surface area (Å²) in [5, 5.41) is 4.30. The van der Waals surface area contributed by atoms with Crippen LogP contribution in [0.15, 0.2) is 0 Å². The van der Waals surface area contributed by atoms with Gasteiger partial charge >= 0.3 is 0 Å². The van der Waals surface area contributed by atoms with E-state index in [1.807, 2.05) is 0 Å². The van der Waals surface area contributed by atoms with Crippen molar-refractivity contribution < 1.29 is 4.79 Å². The number of hydrogen-bond donors (Lipinski definition) is 1. The average Bonchev–Trinajstić information content (AvgIpc) is 2.82. The van der Waals surface area contributed by atoms with E-state index in [-0.39, 0.29) is 11.8 Å². The molecule has 1 fully saturated rings. The van der Waals surface area contributed by atoms with E-state index in [0.717, 1.165) is 51.0 Å². The molecule has 0 unspecified atom stereocenters. The molecule has 1 aliphatic rings. The first-order chi connectivity index (χ1) is 10.5. The van der Waals surface area contributed by atoms with Crippen LogP contribution in [0, 0.1) is 19.8 Å². The molecule has 0 saturated carbocycles. The lowest BCUT2D eigenvalue weighted by Crippen LogP contribution is -2.45. The largest absolute Gasteiger partial charge is 0.356 e. The second kappa shape index (κ2) is 8.06. The van der Waals surface area contributed by atoms with Crippen molar-refractivity contribution in [1.29, 1.82) is 0 Å². The third-order valence-corrected chi connectivity index (χ3v) is 5.63. The Morgan fingerprint density at radius 3 is 2.86 bits per heavy atom. The standard InChI is InChI=1S/C17H29N3OS/c1-12(2)20-10-6-7-15(11-20)17(21)18-9-5-8-16-19-13(3)14(4)22-16/h12,15H,5-11H2,1-4H3,(H,18,21)/t15-/m1/s1. The molecule has 1 N–H and O–H groups in total. The Bertz CT molecular complexity index is 479. The number of hydrogen-bond acceptors (Lipinski definition) is 4. The molecule has 5 heteroatoms. The van der Waals surface area contributed by atoms with Crippen LogP contribution in [0.1, 0.15) is 48.7 Å². The minimum atomic E-state index is 0.167. The van der Waals surface area contributed by atoms with Crippen molar-refractivity contribution >= 4 is 17.2 Å². The number of aromatic nitrogens is 1. The maximum absolute atomic E-state index is 12.3. The quantitative estimate of drug-likeness (QED) is 0.819. The maximum atomic E-state index is 12.3. The molecule has 22 heavy (non-hydrogen) atoms. The molecule has 1 aromatic rings. The number of piperidine rings is 1. The SMILES string of the molecule is Cc1nc(CCCNC(=O)[C@@H]2CCCN(C(C)C)C2)sc1C. The number of thiazole rings is 1. The minimum Gasteiger partial charge on any atom is -0.356 e. The van der Waals surface area contributed by atoms with Crippen molar-refractivity contribution in [1.82, 2.24) is 15.2 Å². The van der Waals surface area contributed by atoms with E-state index >= 15 is 0 Å². The summed E-state index contributed by atoms with van der Waals surface area (Å²) >= 11 is 1.77. The summed E-state index contributed by atoms with van der Waals surface area (Å²) in [5.41, 5.74) is 1.14. The molecule has 0 spiro atoms. The number of carbonyl (C=O) groups is 1. The third-order valence-electron chi connectivity index (χ3n) is 4.49. The van der Waals surface area contributed by atoms with Crippen molar-refractivity contribution in [3.63, 3.8) is 0 Å². The van der Waals surface area contributed by atoms with E-state index in [9.17, 15) is 4.79 Å². The van der Waals surface area contributed by atoms with Gasteiger partial charge in [-0.1, -0.05) is 0 Å². The van der Waals surface area contributed by atoms with Crippen LogP contribution >= 0.6 is 11.3 Å². The fourth-order valence-corrected chi connectivity index (χ4v) is 3.91.